The van der Waals surface area contributed by atoms with Crippen LogP contribution in [0.15, 0.2) is 65.7 Å². The predicted molar refractivity (Wildman–Crippen MR) is 99.2 cm³/mol. The number of aliphatic carboxylic acids is 1. The van der Waals surface area contributed by atoms with Crippen LogP contribution in [-0.2, 0) is 19.6 Å². The average molecular weight is 406 g/mol. The molecule has 1 heterocycles. The normalized spacial score (nSPS) is 12.3. The minimum absolute atomic E-state index is 0.0217. The highest BCUT2D eigenvalue weighted by molar-refractivity contribution is 7.90. The van der Waals surface area contributed by atoms with Crippen LogP contribution in [-0.4, -0.2) is 34.4 Å². The van der Waals surface area contributed by atoms with E-state index in [1.165, 1.54) is 30.3 Å². The first-order valence-electron chi connectivity index (χ1n) is 7.51. The Hall–Kier alpha value is -3.10. The molecule has 3 rings (SSSR count). The molecule has 9 heteroatoms. The van der Waals surface area contributed by atoms with Crippen molar-refractivity contribution in [2.24, 2.45) is 0 Å². The second kappa shape index (κ2) is 6.90. The lowest BCUT2D eigenvalue weighted by atomic mass is 10.1. The zero-order valence-electron chi connectivity index (χ0n) is 13.5. The largest absolute Gasteiger partial charge is 0.507 e. The summed E-state index contributed by atoms with van der Waals surface area (Å²) >= 11 is 5.97. The molecule has 27 heavy (non-hydrogen) atoms. The fraction of sp³-hybridized carbons (Fsp3) is 0. The van der Waals surface area contributed by atoms with Gasteiger partial charge >= 0.3 is 5.97 Å². The topological polar surface area (TPSA) is 114 Å². The molecular formula is C18H12ClNO6S. The number of hydrogen-bond acceptors (Lipinski definition) is 5. The summed E-state index contributed by atoms with van der Waals surface area (Å²) in [5.74, 6) is -3.78. The van der Waals surface area contributed by atoms with Gasteiger partial charge in [-0.2, -0.15) is 0 Å². The van der Waals surface area contributed by atoms with Gasteiger partial charge in [0.25, 0.3) is 15.8 Å². The van der Waals surface area contributed by atoms with Crippen molar-refractivity contribution in [1.82, 2.24) is 3.97 Å². The van der Waals surface area contributed by atoms with Gasteiger partial charge in [0.1, 0.15) is 5.76 Å². The first-order chi connectivity index (χ1) is 12.7. The molecule has 0 saturated carbocycles. The van der Waals surface area contributed by atoms with Gasteiger partial charge in [-0.3, -0.25) is 4.79 Å². The number of fused-ring (bicyclic) bond motifs is 1. The second-order valence-electron chi connectivity index (χ2n) is 5.52. The van der Waals surface area contributed by atoms with Crippen LogP contribution in [0, 0.1) is 0 Å². The first kappa shape index (κ1) is 18.7. The molecule has 0 aliphatic rings. The van der Waals surface area contributed by atoms with E-state index in [0.29, 0.717) is 6.08 Å². The van der Waals surface area contributed by atoms with Crippen LogP contribution in [0.25, 0.3) is 16.7 Å². The number of carboxylic acids is 1. The van der Waals surface area contributed by atoms with Crippen molar-refractivity contribution in [1.29, 1.82) is 0 Å². The fourth-order valence-corrected chi connectivity index (χ4v) is 4.11. The Balaban J connectivity index is 2.28. The number of aromatic nitrogens is 1. The van der Waals surface area contributed by atoms with E-state index < -0.39 is 27.5 Å². The second-order valence-corrected chi connectivity index (χ2v) is 7.77. The molecule has 0 amide bonds. The number of hydrogen-bond donors (Lipinski definition) is 2. The van der Waals surface area contributed by atoms with Crippen molar-refractivity contribution in [3.05, 3.63) is 71.4 Å². The monoisotopic (exact) mass is 405 g/mol. The van der Waals surface area contributed by atoms with E-state index in [-0.39, 0.29) is 26.4 Å². The van der Waals surface area contributed by atoms with E-state index >= 15 is 0 Å². The highest BCUT2D eigenvalue weighted by atomic mass is 35.5. The third-order valence-corrected chi connectivity index (χ3v) is 5.71. The zero-order valence-corrected chi connectivity index (χ0v) is 15.1. The number of rotatable bonds is 5. The molecule has 0 spiro atoms. The molecule has 138 valence electrons. The van der Waals surface area contributed by atoms with Crippen LogP contribution in [0.5, 0.6) is 0 Å². The molecule has 2 N–H and O–H groups in total. The maximum atomic E-state index is 13.0. The maximum Gasteiger partial charge on any atom is 0.376 e. The van der Waals surface area contributed by atoms with Gasteiger partial charge in [0.05, 0.1) is 10.4 Å². The van der Waals surface area contributed by atoms with E-state index in [1.807, 2.05) is 0 Å². The maximum absolute atomic E-state index is 13.0. The molecule has 7 nitrogen and oxygen atoms in total. The summed E-state index contributed by atoms with van der Waals surface area (Å²) in [6, 6.07) is 12.0. The van der Waals surface area contributed by atoms with E-state index in [4.69, 9.17) is 16.7 Å². The van der Waals surface area contributed by atoms with E-state index in [0.717, 1.165) is 10.2 Å². The summed E-state index contributed by atoms with van der Waals surface area (Å²) in [7, 11) is -4.00. The number of aliphatic hydroxyl groups is 1. The Labute approximate surface area is 158 Å². The highest BCUT2D eigenvalue weighted by Gasteiger charge is 2.23. The molecule has 0 aliphatic carbocycles. The fourth-order valence-electron chi connectivity index (χ4n) is 2.55. The third kappa shape index (κ3) is 3.44. The number of carbonyl (C=O) groups excluding carboxylic acids is 1. The van der Waals surface area contributed by atoms with Gasteiger partial charge in [0, 0.05) is 28.2 Å². The number of halogens is 1. The van der Waals surface area contributed by atoms with Crippen LogP contribution in [0.1, 0.15) is 5.56 Å². The van der Waals surface area contributed by atoms with Gasteiger partial charge in [-0.15, -0.1) is 0 Å². The molecule has 0 saturated heterocycles. The lowest BCUT2D eigenvalue weighted by Gasteiger charge is -2.07. The molecule has 1 aromatic heterocycles. The van der Waals surface area contributed by atoms with Crippen molar-refractivity contribution >= 4 is 50.0 Å². The van der Waals surface area contributed by atoms with Gasteiger partial charge in [-0.25, -0.2) is 17.2 Å². The van der Waals surface area contributed by atoms with Crippen molar-refractivity contribution in [2.75, 3.05) is 0 Å². The standard InChI is InChI=1S/C18H12ClNO6S/c19-11-6-7-15-13(8-11)14(16(21)9-17(22)18(23)24)10-20(15)27(25,26)12-4-2-1-3-5-12/h1-10,21H,(H,23,24)/b16-9+. The highest BCUT2D eigenvalue weighted by Crippen LogP contribution is 2.31. The van der Waals surface area contributed by atoms with Crippen LogP contribution in [0.4, 0.5) is 0 Å². The summed E-state index contributed by atoms with van der Waals surface area (Å²) in [6.45, 7) is 0. The molecule has 0 atom stereocenters. The molecular weight excluding hydrogens is 394 g/mol. The first-order valence-corrected chi connectivity index (χ1v) is 9.33. The van der Waals surface area contributed by atoms with Gasteiger partial charge in [-0.1, -0.05) is 29.8 Å². The minimum atomic E-state index is -4.00. The van der Waals surface area contributed by atoms with Crippen molar-refractivity contribution in [2.45, 2.75) is 4.90 Å². The summed E-state index contributed by atoms with van der Waals surface area (Å²) < 4.78 is 26.9. The Bertz CT molecular complexity index is 1200. The average Bonchev–Trinajstić information content (AvgIpc) is 3.01. The zero-order chi connectivity index (χ0) is 19.8. The summed E-state index contributed by atoms with van der Waals surface area (Å²) in [4.78, 5) is 22.1. The molecule has 0 bridgehead atoms. The molecule has 0 aliphatic heterocycles. The van der Waals surface area contributed by atoms with Gasteiger partial charge in [0.15, 0.2) is 0 Å². The number of aliphatic hydroxyl groups excluding tert-OH is 1. The smallest absolute Gasteiger partial charge is 0.376 e. The van der Waals surface area contributed by atoms with E-state index in [2.05, 4.69) is 0 Å². The number of benzene rings is 2. The van der Waals surface area contributed by atoms with E-state index in [1.54, 1.807) is 18.2 Å². The SMILES string of the molecule is O=C(O)C(=O)/C=C(/O)c1cn(S(=O)(=O)c2ccccc2)c2ccc(Cl)cc12. The van der Waals surface area contributed by atoms with Crippen LogP contribution >= 0.6 is 11.6 Å². The number of carbonyl (C=O) groups is 2. The molecule has 3 aromatic rings. The lowest BCUT2D eigenvalue weighted by Crippen LogP contribution is -2.11. The van der Waals surface area contributed by atoms with Gasteiger partial charge < -0.3 is 10.2 Å². The lowest BCUT2D eigenvalue weighted by molar-refractivity contribution is -0.146. The molecule has 0 radical (unpaired) electrons. The van der Waals surface area contributed by atoms with Gasteiger partial charge in [-0.05, 0) is 30.3 Å². The van der Waals surface area contributed by atoms with Crippen LogP contribution < -0.4 is 0 Å². The Kier molecular flexibility index (Phi) is 4.77. The van der Waals surface area contributed by atoms with E-state index in [9.17, 15) is 23.1 Å². The van der Waals surface area contributed by atoms with Crippen molar-refractivity contribution < 1.29 is 28.2 Å². The Morgan fingerprint density at radius 2 is 1.70 bits per heavy atom. The minimum Gasteiger partial charge on any atom is -0.507 e. The Morgan fingerprint density at radius 3 is 2.33 bits per heavy atom. The summed E-state index contributed by atoms with van der Waals surface area (Å²) in [5, 5.41) is 19.4. The van der Waals surface area contributed by atoms with Crippen molar-refractivity contribution in [3.8, 4) is 0 Å². The van der Waals surface area contributed by atoms with Gasteiger partial charge in [0.2, 0.25) is 0 Å². The molecule has 0 unspecified atom stereocenters. The van der Waals surface area contributed by atoms with Crippen molar-refractivity contribution in [3.63, 3.8) is 0 Å². The number of ketones is 1. The Morgan fingerprint density at radius 1 is 1.04 bits per heavy atom. The summed E-state index contributed by atoms with van der Waals surface area (Å²) in [6.07, 6.45) is 1.63. The predicted octanol–water partition coefficient (Wildman–Crippen LogP) is 3.08. The number of nitrogens with zero attached hydrogens (tertiary/aromatic N) is 1. The van der Waals surface area contributed by atoms with Crippen LogP contribution in [0.3, 0.4) is 0 Å². The summed E-state index contributed by atoms with van der Waals surface area (Å²) in [5.41, 5.74) is 0.169. The third-order valence-electron chi connectivity index (χ3n) is 3.79. The molecule has 0 fully saturated rings. The number of carboxylic acid groups (broad SMARTS) is 1. The molecule has 2 aromatic carbocycles. The quantitative estimate of drug-likeness (QED) is 0.383. The van der Waals surface area contributed by atoms with Crippen LogP contribution in [0.2, 0.25) is 5.02 Å².